The molecule has 3 atom stereocenters. The number of carbonyl (C=O) groups is 2. The molecule has 7 nitrogen and oxygen atoms in total. The SMILES string of the molecule is C[C@H]1CN(CC(N)=O)Cc2cc(C(=O)Nc3ccc(CN4CC5CC(C4)N5C)c(C(F)(F)F)c3)ccc21. The number of carbonyl (C=O) groups excluding carboxylic acids is 2. The van der Waals surface area contributed by atoms with Gasteiger partial charge in [-0.3, -0.25) is 24.3 Å². The normalized spacial score (nSPS) is 24.3. The molecular weight excluding hydrogens is 483 g/mol. The number of halogens is 3. The minimum Gasteiger partial charge on any atom is -0.369 e. The molecule has 3 N–H and O–H groups in total. The first-order valence-electron chi connectivity index (χ1n) is 12.6. The summed E-state index contributed by atoms with van der Waals surface area (Å²) in [5.74, 6) is -0.742. The lowest BCUT2D eigenvalue weighted by Gasteiger charge is -2.55. The third-order valence-electron chi connectivity index (χ3n) is 7.94. The van der Waals surface area contributed by atoms with Gasteiger partial charge >= 0.3 is 6.18 Å². The van der Waals surface area contributed by atoms with Crippen molar-refractivity contribution in [2.45, 2.75) is 50.6 Å². The van der Waals surface area contributed by atoms with Crippen molar-refractivity contribution in [1.82, 2.24) is 14.7 Å². The number of benzene rings is 2. The average molecular weight is 516 g/mol. The van der Waals surface area contributed by atoms with Gasteiger partial charge in [0.1, 0.15) is 0 Å². The Kier molecular flexibility index (Phi) is 6.76. The summed E-state index contributed by atoms with van der Waals surface area (Å²) in [5, 5.41) is 2.64. The van der Waals surface area contributed by atoms with E-state index in [9.17, 15) is 22.8 Å². The number of rotatable bonds is 6. The fourth-order valence-corrected chi connectivity index (χ4v) is 6.01. The molecule has 4 heterocycles. The van der Waals surface area contributed by atoms with E-state index < -0.39 is 23.6 Å². The molecule has 0 aliphatic carbocycles. The predicted molar refractivity (Wildman–Crippen MR) is 134 cm³/mol. The minimum atomic E-state index is -4.53. The van der Waals surface area contributed by atoms with Crippen molar-refractivity contribution in [2.75, 3.05) is 38.5 Å². The van der Waals surface area contributed by atoms with Crippen LogP contribution in [0.25, 0.3) is 0 Å². The van der Waals surface area contributed by atoms with E-state index in [0.29, 0.717) is 30.7 Å². The van der Waals surface area contributed by atoms with Crippen molar-refractivity contribution >= 4 is 17.5 Å². The van der Waals surface area contributed by atoms with Gasteiger partial charge in [-0.1, -0.05) is 19.1 Å². The molecule has 0 aromatic heterocycles. The van der Waals surface area contributed by atoms with Crippen molar-refractivity contribution in [1.29, 1.82) is 0 Å². The highest BCUT2D eigenvalue weighted by Crippen LogP contribution is 2.37. The first-order chi connectivity index (χ1) is 17.5. The maximum absolute atomic E-state index is 14.0. The Morgan fingerprint density at radius 1 is 1.05 bits per heavy atom. The summed E-state index contributed by atoms with van der Waals surface area (Å²) in [6, 6.07) is 10.2. The number of amides is 2. The van der Waals surface area contributed by atoms with E-state index in [1.807, 2.05) is 17.9 Å². The lowest BCUT2D eigenvalue weighted by molar-refractivity contribution is -0.138. The first-order valence-corrected chi connectivity index (χ1v) is 12.6. The zero-order chi connectivity index (χ0) is 26.5. The predicted octanol–water partition coefficient (Wildman–Crippen LogP) is 3.25. The van der Waals surface area contributed by atoms with Crippen LogP contribution < -0.4 is 11.1 Å². The van der Waals surface area contributed by atoms with Crippen LogP contribution in [0.1, 0.15) is 51.9 Å². The zero-order valence-corrected chi connectivity index (χ0v) is 21.0. The van der Waals surface area contributed by atoms with E-state index in [0.717, 1.165) is 36.7 Å². The second kappa shape index (κ2) is 9.74. The second-order valence-electron chi connectivity index (χ2n) is 10.7. The summed E-state index contributed by atoms with van der Waals surface area (Å²) >= 11 is 0. The molecule has 4 aliphatic heterocycles. The smallest absolute Gasteiger partial charge is 0.369 e. The van der Waals surface area contributed by atoms with E-state index in [2.05, 4.69) is 22.2 Å². The van der Waals surface area contributed by atoms with Gasteiger partial charge in [0.25, 0.3) is 5.91 Å². The van der Waals surface area contributed by atoms with Crippen molar-refractivity contribution in [3.63, 3.8) is 0 Å². The number of primary amides is 1. The molecule has 198 valence electrons. The van der Waals surface area contributed by atoms with Crippen LogP contribution in [0.15, 0.2) is 36.4 Å². The molecule has 10 heteroatoms. The van der Waals surface area contributed by atoms with E-state index in [1.165, 1.54) is 12.1 Å². The molecule has 6 rings (SSSR count). The first kappa shape index (κ1) is 25.7. The number of nitrogens with one attached hydrogen (secondary N) is 1. The molecule has 2 bridgehead atoms. The van der Waals surface area contributed by atoms with Gasteiger partial charge in [-0.25, -0.2) is 0 Å². The molecule has 2 amide bonds. The maximum atomic E-state index is 14.0. The van der Waals surface area contributed by atoms with Crippen LogP contribution in [0.5, 0.6) is 0 Å². The topological polar surface area (TPSA) is 81.9 Å². The monoisotopic (exact) mass is 515 g/mol. The van der Waals surface area contributed by atoms with Crippen LogP contribution in [0, 0.1) is 0 Å². The largest absolute Gasteiger partial charge is 0.416 e. The Hall–Kier alpha value is -2.95. The molecule has 4 aliphatic rings. The highest BCUT2D eigenvalue weighted by atomic mass is 19.4. The molecule has 0 radical (unpaired) electrons. The van der Waals surface area contributed by atoms with E-state index in [1.54, 1.807) is 12.1 Å². The number of piperazine rings is 1. The van der Waals surface area contributed by atoms with Gasteiger partial charge in [-0.05, 0) is 60.3 Å². The summed E-state index contributed by atoms with van der Waals surface area (Å²) in [6.07, 6.45) is -3.42. The standard InChI is InChI=1S/C27H32F3N5O2/c1-16-10-34(15-25(31)36)12-19-7-17(4-6-23(16)19)26(37)32-20-5-3-18(24(8-20)27(28,29)30)11-35-13-21-9-22(14-35)33(21)2/h3-8,16,21-22H,9-15H2,1-2H3,(H2,31,36)(H,32,37)/t16-,21?,22?/m0/s1. The van der Waals surface area contributed by atoms with Crippen molar-refractivity contribution in [3.8, 4) is 0 Å². The van der Waals surface area contributed by atoms with E-state index in [-0.39, 0.29) is 30.3 Å². The lowest BCUT2D eigenvalue weighted by Crippen LogP contribution is -2.66. The molecule has 2 unspecified atom stereocenters. The van der Waals surface area contributed by atoms with Gasteiger partial charge < -0.3 is 11.1 Å². The molecule has 37 heavy (non-hydrogen) atoms. The van der Waals surface area contributed by atoms with Crippen molar-refractivity contribution < 1.29 is 22.8 Å². The number of likely N-dealkylation sites (N-methyl/N-ethyl adjacent to an activating group) is 1. The molecule has 3 saturated heterocycles. The molecule has 2 aromatic carbocycles. The number of nitrogens with zero attached hydrogens (tertiary/aromatic N) is 3. The molecule has 3 fully saturated rings. The Morgan fingerprint density at radius 2 is 1.78 bits per heavy atom. The zero-order valence-electron chi connectivity index (χ0n) is 21.0. The van der Waals surface area contributed by atoms with Crippen LogP contribution >= 0.6 is 0 Å². The summed E-state index contributed by atoms with van der Waals surface area (Å²) in [6.45, 7) is 5.08. The number of fused-ring (bicyclic) bond motifs is 3. The number of hydrogen-bond acceptors (Lipinski definition) is 5. The Balaban J connectivity index is 1.31. The number of piperidine rings is 1. The lowest BCUT2D eigenvalue weighted by atomic mass is 9.88. The Morgan fingerprint density at radius 3 is 2.43 bits per heavy atom. The van der Waals surface area contributed by atoms with Crippen LogP contribution in [-0.2, 0) is 24.1 Å². The highest BCUT2D eigenvalue weighted by Gasteiger charge is 2.42. The summed E-state index contributed by atoms with van der Waals surface area (Å²) in [7, 11) is 2.06. The van der Waals surface area contributed by atoms with Gasteiger partial charge in [-0.2, -0.15) is 13.2 Å². The van der Waals surface area contributed by atoms with Gasteiger partial charge in [0.15, 0.2) is 0 Å². The fraction of sp³-hybridized carbons (Fsp3) is 0.481. The maximum Gasteiger partial charge on any atom is 0.416 e. The quantitative estimate of drug-likeness (QED) is 0.618. The van der Waals surface area contributed by atoms with Crippen molar-refractivity contribution in [2.24, 2.45) is 5.73 Å². The van der Waals surface area contributed by atoms with Gasteiger partial charge in [0, 0.05) is 56.1 Å². The summed E-state index contributed by atoms with van der Waals surface area (Å²) in [5.41, 5.74) is 7.28. The van der Waals surface area contributed by atoms with Gasteiger partial charge in [0.05, 0.1) is 12.1 Å². The third-order valence-corrected chi connectivity index (χ3v) is 7.94. The van der Waals surface area contributed by atoms with Crippen LogP contribution in [0.2, 0.25) is 0 Å². The second-order valence-corrected chi connectivity index (χ2v) is 10.7. The molecule has 0 saturated carbocycles. The Bertz CT molecular complexity index is 1210. The number of anilines is 1. The molecule has 2 aromatic rings. The van der Waals surface area contributed by atoms with Crippen LogP contribution in [0.3, 0.4) is 0 Å². The number of alkyl halides is 3. The van der Waals surface area contributed by atoms with Gasteiger partial charge in [0.2, 0.25) is 5.91 Å². The fourth-order valence-electron chi connectivity index (χ4n) is 6.01. The average Bonchev–Trinajstić information content (AvgIpc) is 2.83. The summed E-state index contributed by atoms with van der Waals surface area (Å²) in [4.78, 5) is 30.6. The third kappa shape index (κ3) is 5.37. The Labute approximate surface area is 214 Å². The number of hydrogen-bond donors (Lipinski definition) is 2. The number of nitrogens with two attached hydrogens (primary N) is 1. The van der Waals surface area contributed by atoms with E-state index >= 15 is 0 Å². The van der Waals surface area contributed by atoms with Crippen LogP contribution in [-0.4, -0.2) is 71.8 Å². The molecule has 0 spiro atoms. The van der Waals surface area contributed by atoms with E-state index in [4.69, 9.17) is 5.73 Å². The van der Waals surface area contributed by atoms with Gasteiger partial charge in [-0.15, -0.1) is 0 Å². The minimum absolute atomic E-state index is 0.101. The molecular formula is C27H32F3N5O2. The highest BCUT2D eigenvalue weighted by molar-refractivity contribution is 6.04. The van der Waals surface area contributed by atoms with Crippen LogP contribution in [0.4, 0.5) is 18.9 Å². The summed E-state index contributed by atoms with van der Waals surface area (Å²) < 4.78 is 41.9. The van der Waals surface area contributed by atoms with Crippen molar-refractivity contribution in [3.05, 3.63) is 64.2 Å².